The minimum Gasteiger partial charge on any atom is -0.271 e. The van der Waals surface area contributed by atoms with Gasteiger partial charge in [0.2, 0.25) is 0 Å². The second-order valence-corrected chi connectivity index (χ2v) is 3.25. The van der Waals surface area contributed by atoms with Crippen molar-refractivity contribution in [2.24, 2.45) is 5.84 Å². The van der Waals surface area contributed by atoms with E-state index in [9.17, 15) is 8.78 Å². The van der Waals surface area contributed by atoms with Gasteiger partial charge < -0.3 is 0 Å². The van der Waals surface area contributed by atoms with E-state index < -0.39 is 17.7 Å². The molecule has 0 amide bonds. The molecule has 1 atom stereocenters. The molecule has 0 radical (unpaired) electrons. The fraction of sp³-hybridized carbons (Fsp3) is 0.273. The van der Waals surface area contributed by atoms with Gasteiger partial charge in [0.15, 0.2) is 0 Å². The molecule has 0 bridgehead atoms. The Balaban J connectivity index is 2.89. The standard InChI is InChI=1S/C11H14F2N2/c1-2-3-4-11(15-14)9-7-8(12)5-6-10(9)13/h2,5-7,11,15H,1,3-4,14H2. The van der Waals surface area contributed by atoms with E-state index in [1.807, 2.05) is 0 Å². The van der Waals surface area contributed by atoms with Crippen molar-refractivity contribution in [2.45, 2.75) is 18.9 Å². The number of nitrogens with one attached hydrogen (secondary N) is 1. The third-order valence-corrected chi connectivity index (χ3v) is 2.19. The van der Waals surface area contributed by atoms with Crippen LogP contribution in [0.5, 0.6) is 0 Å². The van der Waals surface area contributed by atoms with Crippen molar-refractivity contribution in [3.63, 3.8) is 0 Å². The summed E-state index contributed by atoms with van der Waals surface area (Å²) in [7, 11) is 0. The summed E-state index contributed by atoms with van der Waals surface area (Å²) in [6.45, 7) is 3.56. The molecule has 1 aromatic carbocycles. The van der Waals surface area contributed by atoms with Crippen LogP contribution in [0.3, 0.4) is 0 Å². The molecule has 1 aromatic rings. The van der Waals surface area contributed by atoms with Gasteiger partial charge in [-0.25, -0.2) is 8.78 Å². The molecule has 1 rings (SSSR count). The summed E-state index contributed by atoms with van der Waals surface area (Å²) in [4.78, 5) is 0. The fourth-order valence-corrected chi connectivity index (χ4v) is 1.39. The van der Waals surface area contributed by atoms with Gasteiger partial charge in [-0.2, -0.15) is 0 Å². The Bertz CT molecular complexity index is 339. The van der Waals surface area contributed by atoms with Crippen LogP contribution in [0.4, 0.5) is 8.78 Å². The number of hydrogen-bond acceptors (Lipinski definition) is 2. The molecule has 0 aliphatic heterocycles. The zero-order valence-corrected chi connectivity index (χ0v) is 8.34. The van der Waals surface area contributed by atoms with E-state index in [4.69, 9.17) is 5.84 Å². The van der Waals surface area contributed by atoms with E-state index >= 15 is 0 Å². The van der Waals surface area contributed by atoms with Crippen LogP contribution in [0.1, 0.15) is 24.4 Å². The summed E-state index contributed by atoms with van der Waals surface area (Å²) >= 11 is 0. The Morgan fingerprint density at radius 1 is 1.47 bits per heavy atom. The lowest BCUT2D eigenvalue weighted by Gasteiger charge is -2.16. The first-order valence-electron chi connectivity index (χ1n) is 4.71. The van der Waals surface area contributed by atoms with Gasteiger partial charge in [0.25, 0.3) is 0 Å². The van der Waals surface area contributed by atoms with Gasteiger partial charge in [-0.15, -0.1) is 6.58 Å². The molecule has 0 fully saturated rings. The van der Waals surface area contributed by atoms with Gasteiger partial charge in [-0.05, 0) is 31.0 Å². The molecule has 3 N–H and O–H groups in total. The molecule has 15 heavy (non-hydrogen) atoms. The Morgan fingerprint density at radius 2 is 2.20 bits per heavy atom. The van der Waals surface area contributed by atoms with Crippen LogP contribution in [0.2, 0.25) is 0 Å². The minimum absolute atomic E-state index is 0.249. The van der Waals surface area contributed by atoms with Crippen LogP contribution < -0.4 is 11.3 Å². The molecule has 0 heterocycles. The van der Waals surface area contributed by atoms with Crippen molar-refractivity contribution in [1.29, 1.82) is 0 Å². The Kier molecular flexibility index (Phi) is 4.39. The molecular weight excluding hydrogens is 198 g/mol. The van der Waals surface area contributed by atoms with Crippen LogP contribution >= 0.6 is 0 Å². The maximum atomic E-state index is 13.3. The average molecular weight is 212 g/mol. The number of hydrazine groups is 1. The number of hydrogen-bond donors (Lipinski definition) is 2. The van der Waals surface area contributed by atoms with E-state index in [2.05, 4.69) is 12.0 Å². The predicted molar refractivity (Wildman–Crippen MR) is 55.9 cm³/mol. The van der Waals surface area contributed by atoms with E-state index in [0.717, 1.165) is 18.2 Å². The van der Waals surface area contributed by atoms with E-state index in [1.165, 1.54) is 0 Å². The van der Waals surface area contributed by atoms with Crippen LogP contribution in [0.25, 0.3) is 0 Å². The number of allylic oxidation sites excluding steroid dienone is 1. The van der Waals surface area contributed by atoms with Gasteiger partial charge in [-0.1, -0.05) is 6.08 Å². The van der Waals surface area contributed by atoms with Crippen LogP contribution in [-0.4, -0.2) is 0 Å². The van der Waals surface area contributed by atoms with Crippen molar-refractivity contribution in [3.8, 4) is 0 Å². The summed E-state index contributed by atoms with van der Waals surface area (Å²) in [5.74, 6) is 4.37. The lowest BCUT2D eigenvalue weighted by atomic mass is 10.0. The lowest BCUT2D eigenvalue weighted by molar-refractivity contribution is 0.482. The smallest absolute Gasteiger partial charge is 0.128 e. The normalized spacial score (nSPS) is 12.5. The Hall–Kier alpha value is -1.26. The maximum Gasteiger partial charge on any atom is 0.128 e. The third kappa shape index (κ3) is 3.11. The first-order chi connectivity index (χ1) is 7.19. The highest BCUT2D eigenvalue weighted by Gasteiger charge is 2.14. The lowest BCUT2D eigenvalue weighted by Crippen LogP contribution is -2.28. The summed E-state index contributed by atoms with van der Waals surface area (Å²) in [5, 5.41) is 0. The Morgan fingerprint density at radius 3 is 2.80 bits per heavy atom. The highest BCUT2D eigenvalue weighted by Crippen LogP contribution is 2.21. The van der Waals surface area contributed by atoms with Crippen molar-refractivity contribution in [1.82, 2.24) is 5.43 Å². The van der Waals surface area contributed by atoms with Crippen LogP contribution in [0.15, 0.2) is 30.9 Å². The SMILES string of the molecule is C=CCCC(NN)c1cc(F)ccc1F. The van der Waals surface area contributed by atoms with Crippen LogP contribution in [-0.2, 0) is 0 Å². The number of nitrogens with two attached hydrogens (primary N) is 1. The Labute approximate surface area is 87.8 Å². The fourth-order valence-electron chi connectivity index (χ4n) is 1.39. The highest BCUT2D eigenvalue weighted by molar-refractivity contribution is 5.22. The second kappa shape index (κ2) is 5.58. The predicted octanol–water partition coefficient (Wildman–Crippen LogP) is 2.44. The molecule has 1 unspecified atom stereocenters. The van der Waals surface area contributed by atoms with Crippen molar-refractivity contribution < 1.29 is 8.78 Å². The molecule has 4 heteroatoms. The van der Waals surface area contributed by atoms with E-state index in [-0.39, 0.29) is 5.56 Å². The number of halogens is 2. The van der Waals surface area contributed by atoms with Crippen molar-refractivity contribution in [2.75, 3.05) is 0 Å². The summed E-state index contributed by atoms with van der Waals surface area (Å²) < 4.78 is 26.3. The zero-order valence-electron chi connectivity index (χ0n) is 8.34. The maximum absolute atomic E-state index is 13.3. The average Bonchev–Trinajstić information content (AvgIpc) is 2.24. The van der Waals surface area contributed by atoms with Gasteiger partial charge in [0.05, 0.1) is 0 Å². The van der Waals surface area contributed by atoms with Crippen LogP contribution in [0, 0.1) is 11.6 Å². The molecular formula is C11H14F2N2. The van der Waals surface area contributed by atoms with E-state index in [1.54, 1.807) is 6.08 Å². The number of benzene rings is 1. The topological polar surface area (TPSA) is 38.0 Å². The monoisotopic (exact) mass is 212 g/mol. The first-order valence-corrected chi connectivity index (χ1v) is 4.71. The molecule has 0 aliphatic carbocycles. The first kappa shape index (κ1) is 11.8. The summed E-state index contributed by atoms with van der Waals surface area (Å²) in [6, 6.07) is 2.95. The summed E-state index contributed by atoms with van der Waals surface area (Å²) in [5.41, 5.74) is 2.72. The molecule has 2 nitrogen and oxygen atoms in total. The third-order valence-electron chi connectivity index (χ3n) is 2.19. The molecule has 0 aliphatic rings. The molecule has 0 aromatic heterocycles. The van der Waals surface area contributed by atoms with Gasteiger partial charge in [-0.3, -0.25) is 11.3 Å². The summed E-state index contributed by atoms with van der Waals surface area (Å²) in [6.07, 6.45) is 2.98. The minimum atomic E-state index is -0.467. The van der Waals surface area contributed by atoms with Gasteiger partial charge >= 0.3 is 0 Å². The van der Waals surface area contributed by atoms with E-state index in [0.29, 0.717) is 12.8 Å². The molecule has 0 spiro atoms. The largest absolute Gasteiger partial charge is 0.271 e. The highest BCUT2D eigenvalue weighted by atomic mass is 19.1. The molecule has 0 saturated carbocycles. The zero-order chi connectivity index (χ0) is 11.3. The van der Waals surface area contributed by atoms with Crippen molar-refractivity contribution >= 4 is 0 Å². The van der Waals surface area contributed by atoms with Gasteiger partial charge in [0.1, 0.15) is 11.6 Å². The van der Waals surface area contributed by atoms with Crippen molar-refractivity contribution in [3.05, 3.63) is 48.1 Å². The number of rotatable bonds is 5. The molecule has 0 saturated heterocycles. The second-order valence-electron chi connectivity index (χ2n) is 3.25. The van der Waals surface area contributed by atoms with Gasteiger partial charge in [0, 0.05) is 11.6 Å². The molecule has 82 valence electrons. The quantitative estimate of drug-likeness (QED) is 0.447.